The molecule has 1 amide bonds. The van der Waals surface area contributed by atoms with Crippen molar-refractivity contribution in [3.63, 3.8) is 0 Å². The second-order valence-corrected chi connectivity index (χ2v) is 6.25. The summed E-state index contributed by atoms with van der Waals surface area (Å²) in [6.45, 7) is 2.01. The largest absolute Gasteiger partial charge is 0.349 e. The number of hydrogen-bond donors (Lipinski definition) is 1. The van der Waals surface area contributed by atoms with Crippen molar-refractivity contribution in [2.24, 2.45) is 17.8 Å². The van der Waals surface area contributed by atoms with E-state index >= 15 is 0 Å². The smallest absolute Gasteiger partial charge is 0.223 e. The molecule has 3 nitrogen and oxygen atoms in total. The van der Waals surface area contributed by atoms with Crippen LogP contribution in [0.5, 0.6) is 0 Å². The maximum atomic E-state index is 12.4. The predicted molar refractivity (Wildman–Crippen MR) is 76.7 cm³/mol. The topological polar surface area (TPSA) is 52.9 Å². The Morgan fingerprint density at radius 2 is 2.05 bits per heavy atom. The zero-order chi connectivity index (χ0) is 14.1. The molecule has 0 radical (unpaired) electrons. The molecule has 2 fully saturated rings. The van der Waals surface area contributed by atoms with Crippen molar-refractivity contribution in [3.8, 4) is 6.07 Å². The normalized spacial score (nSPS) is 28.9. The average Bonchev–Trinajstić information content (AvgIpc) is 3.10. The van der Waals surface area contributed by atoms with Gasteiger partial charge < -0.3 is 5.32 Å². The van der Waals surface area contributed by atoms with Crippen LogP contribution in [-0.2, 0) is 4.79 Å². The minimum absolute atomic E-state index is 0.00868. The molecule has 0 spiro atoms. The summed E-state index contributed by atoms with van der Waals surface area (Å²) in [5.74, 6) is 1.86. The van der Waals surface area contributed by atoms with Crippen LogP contribution in [0.25, 0.3) is 0 Å². The van der Waals surface area contributed by atoms with E-state index in [1.807, 2.05) is 19.1 Å². The second kappa shape index (κ2) is 5.28. The van der Waals surface area contributed by atoms with E-state index in [2.05, 4.69) is 11.4 Å². The lowest BCUT2D eigenvalue weighted by Crippen LogP contribution is -2.35. The monoisotopic (exact) mass is 268 g/mol. The van der Waals surface area contributed by atoms with Crippen LogP contribution in [0.1, 0.15) is 49.8 Å². The third-order valence-corrected chi connectivity index (χ3v) is 4.97. The van der Waals surface area contributed by atoms with E-state index < -0.39 is 0 Å². The van der Waals surface area contributed by atoms with Crippen LogP contribution in [0.3, 0.4) is 0 Å². The molecule has 4 unspecified atom stereocenters. The van der Waals surface area contributed by atoms with Crippen LogP contribution in [0.2, 0.25) is 0 Å². The molecule has 2 bridgehead atoms. The molecule has 1 aromatic rings. The van der Waals surface area contributed by atoms with Crippen molar-refractivity contribution in [2.75, 3.05) is 0 Å². The van der Waals surface area contributed by atoms with Gasteiger partial charge in [0.05, 0.1) is 17.7 Å². The molecule has 2 saturated carbocycles. The van der Waals surface area contributed by atoms with E-state index in [9.17, 15) is 4.79 Å². The molecular formula is C17H20N2O. The first-order valence-electron chi connectivity index (χ1n) is 7.48. The van der Waals surface area contributed by atoms with Crippen molar-refractivity contribution < 1.29 is 4.79 Å². The SMILES string of the molecule is CC(NC(=O)C1CC2CCC1C2)c1ccc(C#N)cc1. The Bertz CT molecular complexity index is 543. The Hall–Kier alpha value is -1.82. The van der Waals surface area contributed by atoms with Crippen LogP contribution < -0.4 is 5.32 Å². The van der Waals surface area contributed by atoms with Crippen LogP contribution in [-0.4, -0.2) is 5.91 Å². The Morgan fingerprint density at radius 3 is 2.60 bits per heavy atom. The highest BCUT2D eigenvalue weighted by molar-refractivity contribution is 5.80. The molecule has 2 aliphatic rings. The summed E-state index contributed by atoms with van der Waals surface area (Å²) >= 11 is 0. The van der Waals surface area contributed by atoms with E-state index in [0.717, 1.165) is 17.9 Å². The standard InChI is InChI=1S/C17H20N2O/c1-11(14-5-2-12(10-18)3-6-14)19-17(20)16-9-13-4-7-15(16)8-13/h2-3,5-6,11,13,15-16H,4,7-9H2,1H3,(H,19,20). The summed E-state index contributed by atoms with van der Waals surface area (Å²) in [6.07, 6.45) is 4.88. The Labute approximate surface area is 120 Å². The number of fused-ring (bicyclic) bond motifs is 2. The van der Waals surface area contributed by atoms with Crippen molar-refractivity contribution >= 4 is 5.91 Å². The first-order valence-corrected chi connectivity index (χ1v) is 7.48. The van der Waals surface area contributed by atoms with Crippen molar-refractivity contribution in [1.29, 1.82) is 5.26 Å². The molecular weight excluding hydrogens is 248 g/mol. The molecule has 20 heavy (non-hydrogen) atoms. The zero-order valence-corrected chi connectivity index (χ0v) is 11.8. The lowest BCUT2D eigenvalue weighted by atomic mass is 9.88. The Kier molecular flexibility index (Phi) is 3.48. The lowest BCUT2D eigenvalue weighted by molar-refractivity contribution is -0.127. The molecule has 0 heterocycles. The molecule has 0 aliphatic heterocycles. The van der Waals surface area contributed by atoms with E-state index in [-0.39, 0.29) is 17.9 Å². The van der Waals surface area contributed by atoms with E-state index in [4.69, 9.17) is 5.26 Å². The second-order valence-electron chi connectivity index (χ2n) is 6.25. The molecule has 3 heteroatoms. The molecule has 4 atom stereocenters. The summed E-state index contributed by atoms with van der Waals surface area (Å²) in [5, 5.41) is 11.9. The summed E-state index contributed by atoms with van der Waals surface area (Å²) in [5.41, 5.74) is 1.71. The van der Waals surface area contributed by atoms with E-state index in [0.29, 0.717) is 11.5 Å². The number of rotatable bonds is 3. The van der Waals surface area contributed by atoms with Gasteiger partial charge in [0.1, 0.15) is 0 Å². The number of nitrogens with zero attached hydrogens (tertiary/aromatic N) is 1. The van der Waals surface area contributed by atoms with Gasteiger partial charge >= 0.3 is 0 Å². The van der Waals surface area contributed by atoms with Gasteiger partial charge in [-0.05, 0) is 55.7 Å². The fourth-order valence-corrected chi connectivity index (χ4v) is 3.82. The first kappa shape index (κ1) is 13.2. The number of amides is 1. The van der Waals surface area contributed by atoms with Gasteiger partial charge in [-0.3, -0.25) is 4.79 Å². The van der Waals surface area contributed by atoms with Gasteiger partial charge in [-0.1, -0.05) is 18.6 Å². The van der Waals surface area contributed by atoms with Crippen molar-refractivity contribution in [1.82, 2.24) is 5.32 Å². The maximum absolute atomic E-state index is 12.4. The van der Waals surface area contributed by atoms with Gasteiger partial charge in [-0.15, -0.1) is 0 Å². The lowest BCUT2D eigenvalue weighted by Gasteiger charge is -2.23. The molecule has 2 aliphatic carbocycles. The molecule has 1 N–H and O–H groups in total. The zero-order valence-electron chi connectivity index (χ0n) is 11.8. The van der Waals surface area contributed by atoms with Gasteiger partial charge in [0.15, 0.2) is 0 Å². The third-order valence-electron chi connectivity index (χ3n) is 4.97. The van der Waals surface area contributed by atoms with Gasteiger partial charge in [0, 0.05) is 5.92 Å². The van der Waals surface area contributed by atoms with Gasteiger partial charge in [-0.25, -0.2) is 0 Å². The Morgan fingerprint density at radius 1 is 1.30 bits per heavy atom. The molecule has 0 aromatic heterocycles. The van der Waals surface area contributed by atoms with E-state index in [1.165, 1.54) is 19.3 Å². The van der Waals surface area contributed by atoms with Crippen molar-refractivity contribution in [3.05, 3.63) is 35.4 Å². The maximum Gasteiger partial charge on any atom is 0.223 e. The van der Waals surface area contributed by atoms with Gasteiger partial charge in [0.25, 0.3) is 0 Å². The summed E-state index contributed by atoms with van der Waals surface area (Å²) in [6, 6.07) is 9.56. The molecule has 3 rings (SSSR count). The van der Waals surface area contributed by atoms with E-state index in [1.54, 1.807) is 12.1 Å². The number of hydrogen-bond acceptors (Lipinski definition) is 2. The predicted octanol–water partition coefficient (Wildman–Crippen LogP) is 3.17. The first-order chi connectivity index (χ1) is 9.67. The van der Waals surface area contributed by atoms with Crippen molar-refractivity contribution in [2.45, 2.75) is 38.6 Å². The summed E-state index contributed by atoms with van der Waals surface area (Å²) in [7, 11) is 0. The summed E-state index contributed by atoms with van der Waals surface area (Å²) in [4.78, 5) is 12.4. The highest BCUT2D eigenvalue weighted by Gasteiger charge is 2.43. The van der Waals surface area contributed by atoms with Gasteiger partial charge in [-0.2, -0.15) is 5.26 Å². The molecule has 104 valence electrons. The van der Waals surface area contributed by atoms with Crippen LogP contribution in [0.4, 0.5) is 0 Å². The highest BCUT2D eigenvalue weighted by atomic mass is 16.2. The number of benzene rings is 1. The molecule has 1 aromatic carbocycles. The fraction of sp³-hybridized carbons (Fsp3) is 0.529. The number of nitriles is 1. The average molecular weight is 268 g/mol. The van der Waals surface area contributed by atoms with Gasteiger partial charge in [0.2, 0.25) is 5.91 Å². The molecule has 0 saturated heterocycles. The number of nitrogens with one attached hydrogen (secondary N) is 1. The highest BCUT2D eigenvalue weighted by Crippen LogP contribution is 2.48. The van der Waals surface area contributed by atoms with Crippen LogP contribution in [0.15, 0.2) is 24.3 Å². The fourth-order valence-electron chi connectivity index (χ4n) is 3.82. The third kappa shape index (κ3) is 2.43. The number of carbonyl (C=O) groups excluding carboxylic acids is 1. The quantitative estimate of drug-likeness (QED) is 0.915. The summed E-state index contributed by atoms with van der Waals surface area (Å²) < 4.78 is 0. The minimum Gasteiger partial charge on any atom is -0.349 e. The number of carbonyl (C=O) groups is 1. The minimum atomic E-state index is 0.00868. The Balaban J connectivity index is 1.62. The van der Waals surface area contributed by atoms with Crippen LogP contribution in [0, 0.1) is 29.1 Å². The van der Waals surface area contributed by atoms with Crippen LogP contribution >= 0.6 is 0 Å².